The average Bonchev–Trinajstić information content (AvgIpc) is 2.68. The summed E-state index contributed by atoms with van der Waals surface area (Å²) in [5.74, 6) is 0. The molecule has 0 saturated heterocycles. The quantitative estimate of drug-likeness (QED) is 0.792. The van der Waals surface area contributed by atoms with Crippen LogP contribution < -0.4 is 5.32 Å². The molecular weight excluding hydrogens is 245 g/mol. The molecule has 0 aliphatic carbocycles. The molecule has 0 aliphatic heterocycles. The molecule has 98 valence electrons. The van der Waals surface area contributed by atoms with Crippen LogP contribution >= 0.6 is 0 Å². The Morgan fingerprint density at radius 2 is 2.00 bits per heavy atom. The molecule has 3 nitrogen and oxygen atoms in total. The lowest BCUT2D eigenvalue weighted by Crippen LogP contribution is -2.19. The van der Waals surface area contributed by atoms with E-state index in [-0.39, 0.29) is 12.1 Å². The summed E-state index contributed by atoms with van der Waals surface area (Å²) < 4.78 is 38.8. The van der Waals surface area contributed by atoms with Gasteiger partial charge in [0.05, 0.1) is 6.10 Å². The number of aromatic amines is 1. The summed E-state index contributed by atoms with van der Waals surface area (Å²) in [6.07, 6.45) is -5.72. The average molecular weight is 258 g/mol. The molecule has 0 aliphatic rings. The molecule has 1 aromatic heterocycles. The van der Waals surface area contributed by atoms with E-state index < -0.39 is 18.0 Å². The number of aliphatic hydroxyl groups is 1. The topological polar surface area (TPSA) is 48.0 Å². The van der Waals surface area contributed by atoms with Gasteiger partial charge in [0.25, 0.3) is 0 Å². The van der Waals surface area contributed by atoms with Gasteiger partial charge in [0.1, 0.15) is 5.69 Å². The molecule has 1 unspecified atom stereocenters. The Labute approximate surface area is 102 Å². The van der Waals surface area contributed by atoms with Gasteiger partial charge in [0, 0.05) is 23.0 Å². The van der Waals surface area contributed by atoms with Gasteiger partial charge in [-0.3, -0.25) is 0 Å². The highest BCUT2D eigenvalue weighted by Crippen LogP contribution is 2.38. The van der Waals surface area contributed by atoms with Crippen molar-refractivity contribution in [2.24, 2.45) is 0 Å². The van der Waals surface area contributed by atoms with E-state index in [0.29, 0.717) is 10.9 Å². The first-order valence-electron chi connectivity index (χ1n) is 5.45. The van der Waals surface area contributed by atoms with Crippen LogP contribution in [0.4, 0.5) is 13.2 Å². The number of fused-ring (bicyclic) bond motifs is 1. The lowest BCUT2D eigenvalue weighted by atomic mass is 10.0. The zero-order valence-corrected chi connectivity index (χ0v) is 9.67. The summed E-state index contributed by atoms with van der Waals surface area (Å²) in [4.78, 5) is 2.33. The first-order valence-corrected chi connectivity index (χ1v) is 5.45. The third kappa shape index (κ3) is 2.21. The molecule has 3 N–H and O–H groups in total. The number of benzene rings is 1. The maximum atomic E-state index is 12.9. The Kier molecular flexibility index (Phi) is 3.32. The summed E-state index contributed by atoms with van der Waals surface area (Å²) in [5.41, 5.74) is -0.617. The number of nitrogens with one attached hydrogen (secondary N) is 2. The van der Waals surface area contributed by atoms with E-state index in [2.05, 4.69) is 10.3 Å². The number of H-pyrrole nitrogens is 1. The molecule has 0 fully saturated rings. The lowest BCUT2D eigenvalue weighted by Gasteiger charge is -2.13. The third-order valence-corrected chi connectivity index (χ3v) is 2.76. The Bertz CT molecular complexity index is 548. The van der Waals surface area contributed by atoms with E-state index in [9.17, 15) is 18.3 Å². The first-order chi connectivity index (χ1) is 8.45. The summed E-state index contributed by atoms with van der Waals surface area (Å²) in [7, 11) is 1.57. The second kappa shape index (κ2) is 4.62. The number of aliphatic hydroxyl groups excluding tert-OH is 1. The minimum Gasteiger partial charge on any atom is -0.387 e. The highest BCUT2D eigenvalue weighted by Gasteiger charge is 2.38. The monoisotopic (exact) mass is 258 g/mol. The van der Waals surface area contributed by atoms with Crippen molar-refractivity contribution in [1.82, 2.24) is 10.3 Å². The molecule has 2 aromatic rings. The Hall–Kier alpha value is -1.53. The van der Waals surface area contributed by atoms with Crippen LogP contribution in [0.1, 0.15) is 17.4 Å². The van der Waals surface area contributed by atoms with E-state index in [0.717, 1.165) is 0 Å². The van der Waals surface area contributed by atoms with Crippen LogP contribution in [0.2, 0.25) is 0 Å². The number of hydrogen-bond donors (Lipinski definition) is 3. The summed E-state index contributed by atoms with van der Waals surface area (Å²) >= 11 is 0. The van der Waals surface area contributed by atoms with Crippen LogP contribution in [0.5, 0.6) is 0 Å². The van der Waals surface area contributed by atoms with Gasteiger partial charge in [-0.2, -0.15) is 13.2 Å². The van der Waals surface area contributed by atoms with Crippen LogP contribution in [0.15, 0.2) is 24.3 Å². The normalized spacial score (nSPS) is 14.1. The van der Waals surface area contributed by atoms with Crippen molar-refractivity contribution in [3.05, 3.63) is 35.5 Å². The fraction of sp³-hybridized carbons (Fsp3) is 0.333. The van der Waals surface area contributed by atoms with Gasteiger partial charge in [0.2, 0.25) is 0 Å². The number of likely N-dealkylation sites (N-methyl/N-ethyl adjacent to an activating group) is 1. The van der Waals surface area contributed by atoms with E-state index >= 15 is 0 Å². The Morgan fingerprint density at radius 3 is 2.61 bits per heavy atom. The highest BCUT2D eigenvalue weighted by atomic mass is 19.4. The number of para-hydroxylation sites is 1. The van der Waals surface area contributed by atoms with Crippen molar-refractivity contribution in [2.75, 3.05) is 13.6 Å². The zero-order valence-electron chi connectivity index (χ0n) is 9.67. The van der Waals surface area contributed by atoms with Gasteiger partial charge in [-0.05, 0) is 13.1 Å². The number of halogens is 3. The van der Waals surface area contributed by atoms with Crippen LogP contribution in [-0.4, -0.2) is 23.7 Å². The molecule has 0 bridgehead atoms. The van der Waals surface area contributed by atoms with Crippen molar-refractivity contribution in [2.45, 2.75) is 12.3 Å². The summed E-state index contributed by atoms with van der Waals surface area (Å²) in [6.45, 7) is 0.0604. The molecule has 0 saturated carbocycles. The number of rotatable bonds is 3. The second-order valence-corrected chi connectivity index (χ2v) is 4.03. The molecule has 0 amide bonds. The van der Waals surface area contributed by atoms with Crippen molar-refractivity contribution >= 4 is 10.9 Å². The number of alkyl halides is 3. The molecule has 18 heavy (non-hydrogen) atoms. The third-order valence-electron chi connectivity index (χ3n) is 2.76. The largest absolute Gasteiger partial charge is 0.431 e. The van der Waals surface area contributed by atoms with Gasteiger partial charge >= 0.3 is 6.18 Å². The maximum Gasteiger partial charge on any atom is 0.431 e. The number of hydrogen-bond acceptors (Lipinski definition) is 2. The fourth-order valence-electron chi connectivity index (χ4n) is 2.03. The van der Waals surface area contributed by atoms with Gasteiger partial charge in [0.15, 0.2) is 0 Å². The molecule has 0 spiro atoms. The molecule has 1 aromatic carbocycles. The SMILES string of the molecule is CNCC(O)c1c(C(F)(F)F)[nH]c2ccccc12. The minimum absolute atomic E-state index is 0.0604. The molecular formula is C12H13F3N2O. The predicted octanol–water partition coefficient (Wildman–Crippen LogP) is 2.44. The standard InChI is InChI=1S/C12H13F3N2O/c1-16-6-9(18)10-7-4-2-3-5-8(7)17-11(10)12(13,14)15/h2-5,9,16-18H,6H2,1H3. The van der Waals surface area contributed by atoms with E-state index in [4.69, 9.17) is 0 Å². The van der Waals surface area contributed by atoms with Crippen molar-refractivity contribution in [1.29, 1.82) is 0 Å². The van der Waals surface area contributed by atoms with Crippen molar-refractivity contribution in [3.8, 4) is 0 Å². The van der Waals surface area contributed by atoms with Gasteiger partial charge in [-0.1, -0.05) is 18.2 Å². The van der Waals surface area contributed by atoms with E-state index in [1.54, 1.807) is 31.3 Å². The summed E-state index contributed by atoms with van der Waals surface area (Å²) in [6, 6.07) is 6.41. The van der Waals surface area contributed by atoms with Crippen molar-refractivity contribution in [3.63, 3.8) is 0 Å². The predicted molar refractivity (Wildman–Crippen MR) is 62.2 cm³/mol. The highest BCUT2D eigenvalue weighted by molar-refractivity contribution is 5.85. The molecule has 6 heteroatoms. The molecule has 1 atom stereocenters. The van der Waals surface area contributed by atoms with E-state index in [1.807, 2.05) is 0 Å². The zero-order chi connectivity index (χ0) is 13.3. The Balaban J connectivity index is 2.65. The van der Waals surface area contributed by atoms with E-state index in [1.165, 1.54) is 0 Å². The van der Waals surface area contributed by atoms with Crippen molar-refractivity contribution < 1.29 is 18.3 Å². The number of aromatic nitrogens is 1. The fourth-order valence-corrected chi connectivity index (χ4v) is 2.03. The minimum atomic E-state index is -4.51. The molecule has 1 heterocycles. The van der Waals surface area contributed by atoms with Gasteiger partial charge in [-0.15, -0.1) is 0 Å². The first kappa shape index (κ1) is 12.9. The maximum absolute atomic E-state index is 12.9. The van der Waals surface area contributed by atoms with Crippen LogP contribution in [0.25, 0.3) is 10.9 Å². The molecule has 0 radical (unpaired) electrons. The van der Waals surface area contributed by atoms with Gasteiger partial charge in [-0.25, -0.2) is 0 Å². The Morgan fingerprint density at radius 1 is 1.33 bits per heavy atom. The van der Waals surface area contributed by atoms with Gasteiger partial charge < -0.3 is 15.4 Å². The van der Waals surface area contributed by atoms with Crippen LogP contribution in [-0.2, 0) is 6.18 Å². The molecule has 2 rings (SSSR count). The van der Waals surface area contributed by atoms with Crippen LogP contribution in [0.3, 0.4) is 0 Å². The van der Waals surface area contributed by atoms with Crippen LogP contribution in [0, 0.1) is 0 Å². The second-order valence-electron chi connectivity index (χ2n) is 4.03. The smallest absolute Gasteiger partial charge is 0.387 e. The lowest BCUT2D eigenvalue weighted by molar-refractivity contribution is -0.142. The summed E-state index contributed by atoms with van der Waals surface area (Å²) in [5, 5.41) is 12.9.